The molecule has 39 heavy (non-hydrogen) atoms. The van der Waals surface area contributed by atoms with Crippen molar-refractivity contribution in [3.05, 3.63) is 23.3 Å². The van der Waals surface area contributed by atoms with Crippen LogP contribution in [0.5, 0.6) is 0 Å². The molecule has 0 amide bonds. The van der Waals surface area contributed by atoms with Crippen LogP contribution in [0, 0.1) is 16.7 Å². The van der Waals surface area contributed by atoms with Gasteiger partial charge in [-0.15, -0.1) is 0 Å². The summed E-state index contributed by atoms with van der Waals surface area (Å²) < 4.78 is 23.0. The third kappa shape index (κ3) is 5.36. The summed E-state index contributed by atoms with van der Waals surface area (Å²) >= 11 is 0. The van der Waals surface area contributed by atoms with Crippen LogP contribution in [0.25, 0.3) is 0 Å². The van der Waals surface area contributed by atoms with Crippen molar-refractivity contribution in [2.75, 3.05) is 6.61 Å². The van der Waals surface area contributed by atoms with Crippen LogP contribution in [0.15, 0.2) is 23.3 Å². The fourth-order valence-corrected chi connectivity index (χ4v) is 6.76. The number of fused-ring (bicyclic) bond motifs is 1. The molecular weight excluding hydrogens is 512 g/mol. The van der Waals surface area contributed by atoms with E-state index in [2.05, 4.69) is 6.58 Å². The Morgan fingerprint density at radius 3 is 1.95 bits per heavy atom. The van der Waals surface area contributed by atoms with Crippen LogP contribution in [0.2, 0.25) is 0 Å². The van der Waals surface area contributed by atoms with Crippen molar-refractivity contribution in [1.82, 2.24) is 0 Å². The highest BCUT2D eigenvalue weighted by atomic mass is 16.6. The standard InChI is InChI=1S/C28H40O11/c1-13-18-9-19-23(28(8,35)21(34)11-26(19,6)12-29)24(38-16(4)32)25(39-17(5)33)27(18,7)22(37-15(3)31)10-20(13)36-14(2)30/h18,20-22,24-25,29,34-35H,1,9-12H2,2-8H3/t18-,20+,21+,22+,24-,25+,26+,27+,28+/m1/s1. The summed E-state index contributed by atoms with van der Waals surface area (Å²) in [6, 6.07) is 0. The van der Waals surface area contributed by atoms with Gasteiger partial charge in [-0.25, -0.2) is 0 Å². The van der Waals surface area contributed by atoms with E-state index in [1.165, 1.54) is 27.7 Å². The van der Waals surface area contributed by atoms with E-state index in [0.29, 0.717) is 11.1 Å². The average molecular weight is 553 g/mol. The highest BCUT2D eigenvalue weighted by molar-refractivity contribution is 5.69. The Labute approximate surface area is 228 Å². The maximum absolute atomic E-state index is 12.5. The van der Waals surface area contributed by atoms with E-state index in [1.54, 1.807) is 13.8 Å². The molecule has 0 unspecified atom stereocenters. The van der Waals surface area contributed by atoms with Gasteiger partial charge in [0.1, 0.15) is 17.8 Å². The molecule has 0 aliphatic heterocycles. The van der Waals surface area contributed by atoms with E-state index in [-0.39, 0.29) is 24.8 Å². The van der Waals surface area contributed by atoms with Crippen molar-refractivity contribution in [2.45, 2.75) is 104 Å². The molecule has 0 saturated heterocycles. The molecular formula is C28H40O11. The van der Waals surface area contributed by atoms with Gasteiger partial charge >= 0.3 is 23.9 Å². The first-order valence-electron chi connectivity index (χ1n) is 13.0. The minimum Gasteiger partial charge on any atom is -0.462 e. The zero-order valence-electron chi connectivity index (χ0n) is 23.6. The Morgan fingerprint density at radius 2 is 1.46 bits per heavy atom. The van der Waals surface area contributed by atoms with Crippen molar-refractivity contribution in [2.24, 2.45) is 16.7 Å². The van der Waals surface area contributed by atoms with E-state index in [4.69, 9.17) is 18.9 Å². The molecule has 11 nitrogen and oxygen atoms in total. The van der Waals surface area contributed by atoms with Crippen LogP contribution in [-0.2, 0) is 38.1 Å². The molecule has 9 atom stereocenters. The maximum Gasteiger partial charge on any atom is 0.303 e. The van der Waals surface area contributed by atoms with Crippen LogP contribution >= 0.6 is 0 Å². The van der Waals surface area contributed by atoms with Gasteiger partial charge in [-0.1, -0.05) is 26.0 Å². The maximum atomic E-state index is 12.5. The molecule has 0 aromatic carbocycles. The predicted molar refractivity (Wildman–Crippen MR) is 136 cm³/mol. The van der Waals surface area contributed by atoms with Crippen molar-refractivity contribution in [3.8, 4) is 0 Å². The smallest absolute Gasteiger partial charge is 0.303 e. The summed E-state index contributed by atoms with van der Waals surface area (Å²) in [4.78, 5) is 49.3. The number of carbonyl (C=O) groups is 4. The number of esters is 4. The van der Waals surface area contributed by atoms with Crippen molar-refractivity contribution in [3.63, 3.8) is 0 Å². The average Bonchev–Trinajstić information content (AvgIpc) is 2.90. The Kier molecular flexibility index (Phi) is 8.42. The molecule has 0 heterocycles. The van der Waals surface area contributed by atoms with Gasteiger partial charge in [0.25, 0.3) is 0 Å². The first kappa shape index (κ1) is 30.8. The second-order valence-corrected chi connectivity index (χ2v) is 11.7. The normalized spacial score (nSPS) is 40.0. The summed E-state index contributed by atoms with van der Waals surface area (Å²) in [5.41, 5.74) is -3.28. The van der Waals surface area contributed by atoms with Crippen molar-refractivity contribution in [1.29, 1.82) is 0 Å². The molecule has 1 saturated carbocycles. The number of carbonyl (C=O) groups excluding carboxylic acids is 4. The lowest BCUT2D eigenvalue weighted by Crippen LogP contribution is -2.62. The Bertz CT molecular complexity index is 1090. The molecule has 218 valence electrons. The third-order valence-corrected chi connectivity index (χ3v) is 8.76. The van der Waals surface area contributed by atoms with E-state index in [9.17, 15) is 34.5 Å². The van der Waals surface area contributed by atoms with Crippen LogP contribution in [0.3, 0.4) is 0 Å². The van der Waals surface area contributed by atoms with Gasteiger partial charge in [-0.3, -0.25) is 19.2 Å². The Hall–Kier alpha value is -2.76. The number of hydrogen-bond donors (Lipinski definition) is 3. The monoisotopic (exact) mass is 552 g/mol. The summed E-state index contributed by atoms with van der Waals surface area (Å²) in [6.45, 7) is 13.4. The number of ether oxygens (including phenoxy) is 4. The fraction of sp³-hybridized carbons (Fsp3) is 0.714. The van der Waals surface area contributed by atoms with E-state index in [0.717, 1.165) is 6.92 Å². The minimum atomic E-state index is -1.94. The highest BCUT2D eigenvalue weighted by Crippen LogP contribution is 2.60. The van der Waals surface area contributed by atoms with Gasteiger partial charge in [-0.2, -0.15) is 0 Å². The first-order valence-corrected chi connectivity index (χ1v) is 13.0. The van der Waals surface area contributed by atoms with Crippen LogP contribution in [0.1, 0.15) is 67.7 Å². The Balaban J connectivity index is 2.43. The lowest BCUT2D eigenvalue weighted by atomic mass is 9.57. The second-order valence-electron chi connectivity index (χ2n) is 11.7. The lowest BCUT2D eigenvalue weighted by molar-refractivity contribution is -0.205. The molecule has 0 aromatic heterocycles. The van der Waals surface area contributed by atoms with Crippen molar-refractivity contribution >= 4 is 23.9 Å². The van der Waals surface area contributed by atoms with Gasteiger partial charge in [0.2, 0.25) is 0 Å². The largest absolute Gasteiger partial charge is 0.462 e. The van der Waals surface area contributed by atoms with Crippen LogP contribution in [-0.4, -0.2) is 81.9 Å². The lowest BCUT2D eigenvalue weighted by Gasteiger charge is -2.53. The van der Waals surface area contributed by atoms with E-state index < -0.39 is 83.4 Å². The predicted octanol–water partition coefficient (Wildman–Crippen LogP) is 1.51. The van der Waals surface area contributed by atoms with Gasteiger partial charge in [0.15, 0.2) is 12.2 Å². The molecule has 0 spiro atoms. The third-order valence-electron chi connectivity index (χ3n) is 8.76. The molecule has 0 radical (unpaired) electrons. The first-order chi connectivity index (χ1) is 17.9. The van der Waals surface area contributed by atoms with Crippen LogP contribution < -0.4 is 0 Å². The molecule has 3 aliphatic carbocycles. The SMILES string of the molecule is C=C1[C@@H](OC(C)=O)C[C@H](OC(C)=O)[C@]2(C)[C@@H]1CC1=C([C@@H](OC(C)=O)[C@@H]2OC(C)=O)[C@@](C)(O)[C@@H](O)C[C@@]1(C)CO. The van der Waals surface area contributed by atoms with Crippen LogP contribution in [0.4, 0.5) is 0 Å². The summed E-state index contributed by atoms with van der Waals surface area (Å²) in [5.74, 6) is -3.38. The van der Waals surface area contributed by atoms with Gasteiger partial charge in [0.05, 0.1) is 18.1 Å². The van der Waals surface area contributed by atoms with Gasteiger partial charge in [0, 0.05) is 45.1 Å². The zero-order chi connectivity index (χ0) is 29.7. The molecule has 0 aromatic rings. The van der Waals surface area contributed by atoms with Crippen molar-refractivity contribution < 1.29 is 53.4 Å². The molecule has 3 aliphatic rings. The summed E-state index contributed by atoms with van der Waals surface area (Å²) in [7, 11) is 0. The zero-order valence-corrected chi connectivity index (χ0v) is 23.6. The molecule has 1 fully saturated rings. The molecule has 11 heteroatoms. The van der Waals surface area contributed by atoms with Gasteiger partial charge in [-0.05, 0) is 31.3 Å². The molecule has 0 bridgehead atoms. The molecule has 3 rings (SSSR count). The summed E-state index contributed by atoms with van der Waals surface area (Å²) in [5, 5.41) is 33.3. The summed E-state index contributed by atoms with van der Waals surface area (Å²) in [6.07, 6.45) is -5.89. The van der Waals surface area contributed by atoms with Gasteiger partial charge < -0.3 is 34.3 Å². The quantitative estimate of drug-likeness (QED) is 0.257. The van der Waals surface area contributed by atoms with E-state index >= 15 is 0 Å². The Morgan fingerprint density at radius 1 is 0.923 bits per heavy atom. The number of aliphatic hydroxyl groups is 3. The fourth-order valence-electron chi connectivity index (χ4n) is 6.76. The highest BCUT2D eigenvalue weighted by Gasteiger charge is 2.65. The molecule has 3 N–H and O–H groups in total. The topological polar surface area (TPSA) is 166 Å². The number of hydrogen-bond acceptors (Lipinski definition) is 11. The van der Waals surface area contributed by atoms with E-state index in [1.807, 2.05) is 0 Å². The number of aliphatic hydroxyl groups excluding tert-OH is 2. The second kappa shape index (κ2) is 10.7. The minimum absolute atomic E-state index is 0.00347. The number of rotatable bonds is 5.